The molecule has 0 spiro atoms. The third-order valence-corrected chi connectivity index (χ3v) is 4.85. The Morgan fingerprint density at radius 3 is 2.56 bits per heavy atom. The van der Waals surface area contributed by atoms with Gasteiger partial charge in [0.15, 0.2) is 6.61 Å². The Kier molecular flexibility index (Phi) is 7.14. The van der Waals surface area contributed by atoms with Gasteiger partial charge in [-0.25, -0.2) is 4.79 Å². The number of carbonyl (C=O) groups is 4. The molecule has 0 aliphatic rings. The lowest BCUT2D eigenvalue weighted by Gasteiger charge is -2.09. The maximum Gasteiger partial charge on any atom is 0.325 e. The van der Waals surface area contributed by atoms with E-state index in [1.165, 1.54) is 11.3 Å². The van der Waals surface area contributed by atoms with Gasteiger partial charge in [0.1, 0.15) is 11.4 Å². The lowest BCUT2D eigenvalue weighted by Crippen LogP contribution is -2.44. The van der Waals surface area contributed by atoms with E-state index < -0.39 is 37.0 Å². The third-order valence-electron chi connectivity index (χ3n) is 3.17. The summed E-state index contributed by atoms with van der Waals surface area (Å²) >= 11 is 7.41. The Labute approximate surface area is 164 Å². The molecule has 8 nitrogen and oxygen atoms in total. The third kappa shape index (κ3) is 5.93. The van der Waals surface area contributed by atoms with Crippen LogP contribution < -0.4 is 16.0 Å². The number of fused-ring (bicyclic) bond motifs is 1. The summed E-state index contributed by atoms with van der Waals surface area (Å²) in [5, 5.41) is 7.93. The number of halogens is 1. The molecular weight excluding hydrogens is 394 g/mol. The maximum absolute atomic E-state index is 12.2. The summed E-state index contributed by atoms with van der Waals surface area (Å²) in [5.41, 5.74) is 0. The van der Waals surface area contributed by atoms with E-state index in [0.29, 0.717) is 5.02 Å². The summed E-state index contributed by atoms with van der Waals surface area (Å²) in [4.78, 5) is 47.0. The number of ether oxygens (including phenoxy) is 1. The molecule has 27 heavy (non-hydrogen) atoms. The van der Waals surface area contributed by atoms with Crippen LogP contribution in [0.3, 0.4) is 0 Å². The van der Waals surface area contributed by atoms with E-state index in [0.717, 1.165) is 10.1 Å². The lowest BCUT2D eigenvalue weighted by molar-refractivity contribution is -0.147. The van der Waals surface area contributed by atoms with Crippen LogP contribution in [0.25, 0.3) is 10.1 Å². The van der Waals surface area contributed by atoms with Gasteiger partial charge < -0.3 is 15.4 Å². The minimum atomic E-state index is -0.819. The molecule has 144 valence electrons. The minimum Gasteiger partial charge on any atom is -0.454 e. The molecule has 0 atom stereocenters. The molecule has 0 unspecified atom stereocenters. The van der Waals surface area contributed by atoms with E-state index in [1.54, 1.807) is 19.9 Å². The molecule has 2 aromatic rings. The zero-order valence-corrected chi connectivity index (χ0v) is 16.2. The largest absolute Gasteiger partial charge is 0.454 e. The van der Waals surface area contributed by atoms with E-state index in [9.17, 15) is 19.2 Å². The predicted octanol–water partition coefficient (Wildman–Crippen LogP) is 2.06. The van der Waals surface area contributed by atoms with Gasteiger partial charge in [0.25, 0.3) is 11.8 Å². The van der Waals surface area contributed by atoms with Crippen LogP contribution in [-0.4, -0.2) is 43.0 Å². The van der Waals surface area contributed by atoms with Crippen LogP contribution >= 0.6 is 22.9 Å². The molecule has 0 saturated heterocycles. The summed E-state index contributed by atoms with van der Waals surface area (Å²) < 4.78 is 5.56. The fourth-order valence-corrected chi connectivity index (χ4v) is 3.48. The van der Waals surface area contributed by atoms with Crippen LogP contribution in [0.15, 0.2) is 24.3 Å². The summed E-state index contributed by atoms with van der Waals surface area (Å²) in [6.45, 7) is 2.39. The highest BCUT2D eigenvalue weighted by molar-refractivity contribution is 7.21. The Morgan fingerprint density at radius 2 is 1.89 bits per heavy atom. The first-order chi connectivity index (χ1) is 12.8. The van der Waals surface area contributed by atoms with E-state index in [-0.39, 0.29) is 10.9 Å². The van der Waals surface area contributed by atoms with Crippen molar-refractivity contribution in [1.82, 2.24) is 16.0 Å². The molecule has 0 aliphatic carbocycles. The molecule has 2 rings (SSSR count). The quantitative estimate of drug-likeness (QED) is 0.629. The van der Waals surface area contributed by atoms with E-state index in [4.69, 9.17) is 16.3 Å². The highest BCUT2D eigenvalue weighted by Gasteiger charge is 2.18. The van der Waals surface area contributed by atoms with Crippen molar-refractivity contribution >= 4 is 56.8 Å². The molecule has 0 saturated carbocycles. The number of benzene rings is 1. The van der Waals surface area contributed by atoms with Crippen LogP contribution in [0.1, 0.15) is 23.5 Å². The van der Waals surface area contributed by atoms with Gasteiger partial charge in [-0.15, -0.1) is 11.3 Å². The molecule has 0 fully saturated rings. The molecule has 4 amide bonds. The van der Waals surface area contributed by atoms with Gasteiger partial charge in [0.05, 0.1) is 5.02 Å². The zero-order chi connectivity index (χ0) is 20.0. The molecule has 10 heteroatoms. The summed E-state index contributed by atoms with van der Waals surface area (Å²) in [6.07, 6.45) is 0. The van der Waals surface area contributed by atoms with Crippen LogP contribution in [-0.2, 0) is 14.3 Å². The number of esters is 1. The average molecular weight is 412 g/mol. The second-order valence-corrected chi connectivity index (χ2v) is 7.19. The molecule has 3 N–H and O–H groups in total. The number of hydrogen-bond donors (Lipinski definition) is 3. The van der Waals surface area contributed by atoms with Crippen LogP contribution in [0.2, 0.25) is 5.02 Å². The molecular formula is C17H18ClN3O5S. The Bertz CT molecular complexity index is 881. The topological polar surface area (TPSA) is 114 Å². The molecule has 1 aromatic carbocycles. The van der Waals surface area contributed by atoms with Crippen molar-refractivity contribution in [3.8, 4) is 0 Å². The number of urea groups is 1. The summed E-state index contributed by atoms with van der Waals surface area (Å²) in [5.74, 6) is -2.11. The Morgan fingerprint density at radius 1 is 1.19 bits per heavy atom. The van der Waals surface area contributed by atoms with Crippen molar-refractivity contribution in [1.29, 1.82) is 0 Å². The highest BCUT2D eigenvalue weighted by Crippen LogP contribution is 2.34. The minimum absolute atomic E-state index is 0.142. The van der Waals surface area contributed by atoms with Gasteiger partial charge in [0.2, 0.25) is 0 Å². The molecule has 1 heterocycles. The first-order valence-corrected chi connectivity index (χ1v) is 9.18. The van der Waals surface area contributed by atoms with Crippen LogP contribution in [0.4, 0.5) is 4.79 Å². The standard InChI is InChI=1S/C17H18ClN3O5S/c1-9(2)20-17(25)21-12(22)8-26-13(23)7-19-16(24)15-14(18)10-5-3-4-6-11(10)27-15/h3-6,9H,7-8H2,1-2H3,(H,19,24)(H2,20,21,22,25). The first-order valence-electron chi connectivity index (χ1n) is 7.99. The zero-order valence-electron chi connectivity index (χ0n) is 14.6. The van der Waals surface area contributed by atoms with Gasteiger partial charge in [0, 0.05) is 16.1 Å². The molecule has 0 aliphatic heterocycles. The van der Waals surface area contributed by atoms with E-state index >= 15 is 0 Å². The van der Waals surface area contributed by atoms with Gasteiger partial charge in [-0.1, -0.05) is 29.8 Å². The summed E-state index contributed by atoms with van der Waals surface area (Å²) in [6, 6.07) is 6.46. The number of rotatable bonds is 6. The number of thiophene rings is 1. The van der Waals surface area contributed by atoms with Gasteiger partial charge in [-0.05, 0) is 19.9 Å². The fourth-order valence-electron chi connectivity index (χ4n) is 2.05. The van der Waals surface area contributed by atoms with Crippen molar-refractivity contribution < 1.29 is 23.9 Å². The number of carbonyl (C=O) groups excluding carboxylic acids is 4. The Balaban J connectivity index is 1.79. The molecule has 1 aromatic heterocycles. The van der Waals surface area contributed by atoms with Crippen LogP contribution in [0.5, 0.6) is 0 Å². The van der Waals surface area contributed by atoms with E-state index in [2.05, 4.69) is 10.6 Å². The molecule has 0 bridgehead atoms. The van der Waals surface area contributed by atoms with Crippen molar-refractivity contribution in [2.75, 3.05) is 13.2 Å². The van der Waals surface area contributed by atoms with E-state index in [1.807, 2.05) is 23.5 Å². The SMILES string of the molecule is CC(C)NC(=O)NC(=O)COC(=O)CNC(=O)c1sc2ccccc2c1Cl. The fraction of sp³-hybridized carbons (Fsp3) is 0.294. The first kappa shape index (κ1) is 20.7. The summed E-state index contributed by atoms with van der Waals surface area (Å²) in [7, 11) is 0. The van der Waals surface area contributed by atoms with Gasteiger partial charge >= 0.3 is 12.0 Å². The number of amides is 4. The predicted molar refractivity (Wildman–Crippen MR) is 102 cm³/mol. The monoisotopic (exact) mass is 411 g/mol. The van der Waals surface area contributed by atoms with Crippen molar-refractivity contribution in [2.24, 2.45) is 0 Å². The average Bonchev–Trinajstić information content (AvgIpc) is 2.94. The van der Waals surface area contributed by atoms with Gasteiger partial charge in [-0.3, -0.25) is 19.7 Å². The van der Waals surface area contributed by atoms with Crippen molar-refractivity contribution in [3.05, 3.63) is 34.2 Å². The number of hydrogen-bond acceptors (Lipinski definition) is 6. The van der Waals surface area contributed by atoms with Crippen molar-refractivity contribution in [2.45, 2.75) is 19.9 Å². The molecule has 0 radical (unpaired) electrons. The van der Waals surface area contributed by atoms with Gasteiger partial charge in [-0.2, -0.15) is 0 Å². The lowest BCUT2D eigenvalue weighted by atomic mass is 10.2. The number of imide groups is 1. The second kappa shape index (κ2) is 9.33. The normalized spacial score (nSPS) is 10.5. The van der Waals surface area contributed by atoms with Crippen molar-refractivity contribution in [3.63, 3.8) is 0 Å². The number of nitrogens with one attached hydrogen (secondary N) is 3. The Hall–Kier alpha value is -2.65. The smallest absolute Gasteiger partial charge is 0.325 e. The van der Waals surface area contributed by atoms with Crippen LogP contribution in [0, 0.1) is 0 Å². The highest BCUT2D eigenvalue weighted by atomic mass is 35.5. The second-order valence-electron chi connectivity index (χ2n) is 5.76. The maximum atomic E-state index is 12.2.